The van der Waals surface area contributed by atoms with Gasteiger partial charge in [0.25, 0.3) is 5.95 Å². The highest BCUT2D eigenvalue weighted by atomic mass is 32.2. The van der Waals surface area contributed by atoms with Crippen molar-refractivity contribution in [1.29, 1.82) is 5.26 Å². The molecule has 224 valence electrons. The zero-order valence-electron chi connectivity index (χ0n) is 24.2. The number of aryl methyl sites for hydroxylation is 1. The predicted molar refractivity (Wildman–Crippen MR) is 162 cm³/mol. The molecule has 2 aliphatic heterocycles. The first-order chi connectivity index (χ1) is 20.7. The number of tetrazole rings is 1. The second-order valence-corrected chi connectivity index (χ2v) is 14.2. The first-order valence-electron chi connectivity index (χ1n) is 14.1. The number of rotatable bonds is 10. The van der Waals surface area contributed by atoms with Crippen molar-refractivity contribution in [3.05, 3.63) is 41.3 Å². The SMILES string of the molecule is CCS(=O)(=O)N1CC(CC#N)(n2cc(-c3nc(N=C4C=C(C)C(C)N(CCCc5nn[nH]n5)C4)nc4ccsc34)cn2)C1. The van der Waals surface area contributed by atoms with Crippen LogP contribution in [0.4, 0.5) is 5.95 Å². The minimum Gasteiger partial charge on any atom is -0.291 e. The number of aliphatic imine (C=N–C) groups is 1. The Morgan fingerprint density at radius 2 is 2.14 bits per heavy atom. The van der Waals surface area contributed by atoms with Crippen LogP contribution in [0, 0.1) is 11.3 Å². The highest BCUT2D eigenvalue weighted by Crippen LogP contribution is 2.37. The Kier molecular flexibility index (Phi) is 7.90. The van der Waals surface area contributed by atoms with E-state index in [0.29, 0.717) is 24.0 Å². The Balaban J connectivity index is 1.27. The van der Waals surface area contributed by atoms with Gasteiger partial charge in [0.1, 0.15) is 5.54 Å². The van der Waals surface area contributed by atoms with E-state index in [2.05, 4.69) is 56.6 Å². The summed E-state index contributed by atoms with van der Waals surface area (Å²) in [6.07, 6.45) is 7.46. The van der Waals surface area contributed by atoms with E-state index in [-0.39, 0.29) is 31.3 Å². The van der Waals surface area contributed by atoms with E-state index in [1.165, 1.54) is 21.2 Å². The minimum absolute atomic E-state index is 0.0220. The number of nitriles is 1. The Hall–Kier alpha value is -3.91. The van der Waals surface area contributed by atoms with E-state index in [0.717, 1.165) is 40.9 Å². The van der Waals surface area contributed by atoms with Crippen LogP contribution in [0.1, 0.15) is 39.4 Å². The molecule has 0 aliphatic carbocycles. The molecule has 14 nitrogen and oxygen atoms in total. The molecule has 1 fully saturated rings. The van der Waals surface area contributed by atoms with Gasteiger partial charge in [-0.15, -0.1) is 21.5 Å². The first kappa shape index (κ1) is 29.2. The van der Waals surface area contributed by atoms with Gasteiger partial charge in [-0.05, 0) is 51.3 Å². The van der Waals surface area contributed by atoms with Crippen LogP contribution in [0.15, 0.2) is 40.5 Å². The van der Waals surface area contributed by atoms with Crippen LogP contribution in [0.3, 0.4) is 0 Å². The van der Waals surface area contributed by atoms with Gasteiger partial charge < -0.3 is 0 Å². The highest BCUT2D eigenvalue weighted by molar-refractivity contribution is 7.89. The van der Waals surface area contributed by atoms with Gasteiger partial charge in [-0.25, -0.2) is 23.4 Å². The molecule has 4 aromatic heterocycles. The number of H-pyrrole nitrogens is 1. The van der Waals surface area contributed by atoms with Crippen molar-refractivity contribution >= 4 is 43.2 Å². The van der Waals surface area contributed by atoms with Gasteiger partial charge in [0.05, 0.1) is 46.1 Å². The Morgan fingerprint density at radius 3 is 2.88 bits per heavy atom. The number of hydrogen-bond donors (Lipinski definition) is 1. The van der Waals surface area contributed by atoms with Crippen LogP contribution in [0.2, 0.25) is 0 Å². The summed E-state index contributed by atoms with van der Waals surface area (Å²) in [4.78, 5) is 16.9. The van der Waals surface area contributed by atoms with Gasteiger partial charge in [0, 0.05) is 43.9 Å². The Labute approximate surface area is 253 Å². The van der Waals surface area contributed by atoms with E-state index in [1.807, 2.05) is 17.6 Å². The fraction of sp³-hybridized carbons (Fsp3) is 0.481. The second kappa shape index (κ2) is 11.6. The van der Waals surface area contributed by atoms with Crippen LogP contribution in [-0.4, -0.2) is 102 Å². The van der Waals surface area contributed by atoms with E-state index >= 15 is 0 Å². The number of thiophene rings is 1. The summed E-state index contributed by atoms with van der Waals surface area (Å²) in [7, 11) is -3.34. The molecular formula is C27H32N12O2S2. The fourth-order valence-corrected chi connectivity index (χ4v) is 7.62. The number of fused-ring (bicyclic) bond motifs is 1. The average Bonchev–Trinajstić information content (AvgIpc) is 3.75. The topological polar surface area (TPSA) is 175 Å². The number of aromatic nitrogens is 8. The molecule has 0 radical (unpaired) electrons. The fourth-order valence-electron chi connectivity index (χ4n) is 5.54. The van der Waals surface area contributed by atoms with Crippen LogP contribution >= 0.6 is 11.3 Å². The van der Waals surface area contributed by atoms with Gasteiger partial charge in [-0.1, -0.05) is 10.8 Å². The summed E-state index contributed by atoms with van der Waals surface area (Å²) in [5.41, 5.74) is 3.64. The standard InChI is InChI=1S/C27H32N12O2S2/c1-4-43(40,41)38-16-27(17-38,8-9-28)39-14-20(13-29-39)24-25-22(7-11-42-25)31-26(32-24)30-21-12-18(2)19(3)37(15-21)10-5-6-23-33-35-36-34-23/h7,11-14,19H,4-6,8,10,15-17H2,1-3H3,(H,33,34,35,36). The van der Waals surface area contributed by atoms with Crippen LogP contribution in [-0.2, 0) is 22.0 Å². The van der Waals surface area contributed by atoms with Crippen LogP contribution in [0.25, 0.3) is 21.5 Å². The average molecular weight is 621 g/mol. The molecule has 0 saturated carbocycles. The third kappa shape index (κ3) is 5.73. The first-order valence-corrected chi connectivity index (χ1v) is 16.6. The molecule has 0 bridgehead atoms. The maximum Gasteiger partial charge on any atom is 0.250 e. The highest BCUT2D eigenvalue weighted by Gasteiger charge is 2.49. The maximum atomic E-state index is 12.4. The van der Waals surface area contributed by atoms with E-state index in [9.17, 15) is 13.7 Å². The second-order valence-electron chi connectivity index (χ2n) is 11.0. The summed E-state index contributed by atoms with van der Waals surface area (Å²) >= 11 is 1.54. The van der Waals surface area contributed by atoms with Crippen molar-refractivity contribution in [3.63, 3.8) is 0 Å². The van der Waals surface area contributed by atoms with E-state index in [4.69, 9.17) is 15.0 Å². The summed E-state index contributed by atoms with van der Waals surface area (Å²) in [5.74, 6) is 1.09. The van der Waals surface area contributed by atoms with Gasteiger partial charge in [-0.2, -0.15) is 19.9 Å². The summed E-state index contributed by atoms with van der Waals surface area (Å²) in [6.45, 7) is 7.87. The van der Waals surface area contributed by atoms with Crippen molar-refractivity contribution in [1.82, 2.24) is 49.6 Å². The van der Waals surface area contributed by atoms with Crippen molar-refractivity contribution < 1.29 is 8.42 Å². The Morgan fingerprint density at radius 1 is 1.30 bits per heavy atom. The quantitative estimate of drug-likeness (QED) is 0.277. The largest absolute Gasteiger partial charge is 0.291 e. The molecule has 0 spiro atoms. The van der Waals surface area contributed by atoms with Gasteiger partial charge in [-0.3, -0.25) is 9.58 Å². The summed E-state index contributed by atoms with van der Waals surface area (Å²) in [6, 6.07) is 4.44. The lowest BCUT2D eigenvalue weighted by molar-refractivity contribution is 0.0719. The molecule has 0 amide bonds. The number of aromatic amines is 1. The molecule has 1 saturated heterocycles. The number of nitrogens with zero attached hydrogens (tertiary/aromatic N) is 11. The molecule has 16 heteroatoms. The molecule has 6 heterocycles. The lowest BCUT2D eigenvalue weighted by Gasteiger charge is -2.47. The number of nitrogens with one attached hydrogen (secondary N) is 1. The molecule has 0 aromatic carbocycles. The Bertz CT molecular complexity index is 1830. The van der Waals surface area contributed by atoms with E-state index < -0.39 is 15.6 Å². The third-order valence-corrected chi connectivity index (χ3v) is 10.9. The summed E-state index contributed by atoms with van der Waals surface area (Å²) < 4.78 is 28.8. The maximum absolute atomic E-state index is 12.4. The van der Waals surface area contributed by atoms with Crippen molar-refractivity contribution in [2.45, 2.75) is 51.6 Å². The molecule has 43 heavy (non-hydrogen) atoms. The summed E-state index contributed by atoms with van der Waals surface area (Å²) in [5, 5.41) is 30.3. The molecule has 1 atom stereocenters. The lowest BCUT2D eigenvalue weighted by atomic mass is 9.89. The zero-order chi connectivity index (χ0) is 30.2. The molecular weight excluding hydrogens is 589 g/mol. The smallest absolute Gasteiger partial charge is 0.250 e. The molecule has 1 unspecified atom stereocenters. The lowest BCUT2D eigenvalue weighted by Crippen LogP contribution is -2.64. The molecule has 1 N–H and O–H groups in total. The van der Waals surface area contributed by atoms with E-state index in [1.54, 1.807) is 17.8 Å². The normalized spacial score (nSPS) is 20.3. The van der Waals surface area contributed by atoms with Gasteiger partial charge in [0.15, 0.2) is 5.82 Å². The monoisotopic (exact) mass is 620 g/mol. The molecule has 2 aliphatic rings. The van der Waals surface area contributed by atoms with Crippen LogP contribution < -0.4 is 0 Å². The van der Waals surface area contributed by atoms with Gasteiger partial charge in [0.2, 0.25) is 10.0 Å². The minimum atomic E-state index is -3.34. The third-order valence-electron chi connectivity index (χ3n) is 8.19. The van der Waals surface area contributed by atoms with Crippen molar-refractivity contribution in [2.75, 3.05) is 31.9 Å². The zero-order valence-corrected chi connectivity index (χ0v) is 25.8. The molecule has 4 aromatic rings. The number of hydrogen-bond acceptors (Lipinski definition) is 12. The van der Waals surface area contributed by atoms with Gasteiger partial charge >= 0.3 is 0 Å². The molecule has 6 rings (SSSR count). The van der Waals surface area contributed by atoms with Crippen molar-refractivity contribution in [3.8, 4) is 17.3 Å². The van der Waals surface area contributed by atoms with Crippen molar-refractivity contribution in [2.24, 2.45) is 4.99 Å². The van der Waals surface area contributed by atoms with Crippen LogP contribution in [0.5, 0.6) is 0 Å². The number of sulfonamides is 1. The predicted octanol–water partition coefficient (Wildman–Crippen LogP) is 2.70.